The highest BCUT2D eigenvalue weighted by Crippen LogP contribution is 2.68. The summed E-state index contributed by atoms with van der Waals surface area (Å²) in [5.41, 5.74) is 0.164. The molecule has 3 aromatic heterocycles. The zero-order valence-corrected chi connectivity index (χ0v) is 35.9. The number of carbonyl (C=O) groups excluding carboxylic acids is 1. The van der Waals surface area contributed by atoms with Crippen molar-refractivity contribution in [1.82, 2.24) is 34.4 Å². The van der Waals surface area contributed by atoms with Crippen molar-refractivity contribution in [1.29, 1.82) is 0 Å². The van der Waals surface area contributed by atoms with E-state index >= 15 is 13.6 Å². The van der Waals surface area contributed by atoms with E-state index < -0.39 is 87.7 Å². The maximum atomic E-state index is 15.6. The van der Waals surface area contributed by atoms with Gasteiger partial charge in [-0.3, -0.25) is 28.2 Å². The molecule has 0 aliphatic heterocycles. The van der Waals surface area contributed by atoms with Crippen LogP contribution in [0.1, 0.15) is 78.5 Å². The van der Waals surface area contributed by atoms with Gasteiger partial charge < -0.3 is 5.32 Å². The molecule has 332 valence electrons. The maximum absolute atomic E-state index is 15.6. The number of fused-ring (bicyclic) bond motifs is 5. The van der Waals surface area contributed by atoms with Gasteiger partial charge >= 0.3 is 0 Å². The number of amides is 1. The number of hydrogen-bond donors (Lipinski definition) is 2. The number of nitrogens with zero attached hydrogens (tertiary/aromatic N) is 6. The van der Waals surface area contributed by atoms with Gasteiger partial charge in [0.25, 0.3) is 17.9 Å². The Labute approximate surface area is 365 Å². The molecule has 4 aromatic carbocycles. The van der Waals surface area contributed by atoms with E-state index in [0.29, 0.717) is 16.3 Å². The average Bonchev–Trinajstić information content (AvgIpc) is 3.75. The summed E-state index contributed by atoms with van der Waals surface area (Å²) >= 11 is 6.66. The average molecular weight is 923 g/mol. The molecule has 2 aliphatic rings. The fourth-order valence-corrected chi connectivity index (χ4v) is 9.57. The van der Waals surface area contributed by atoms with Crippen LogP contribution in [0.4, 0.5) is 32.2 Å². The van der Waals surface area contributed by atoms with Gasteiger partial charge in [-0.05, 0) is 76.9 Å². The van der Waals surface area contributed by atoms with Crippen LogP contribution in [0, 0.1) is 17.6 Å². The first-order chi connectivity index (χ1) is 30.2. The number of nitrogens with one attached hydrogen (secondary N) is 2. The second-order valence-corrected chi connectivity index (χ2v) is 18.7. The van der Waals surface area contributed by atoms with Crippen molar-refractivity contribution in [3.63, 3.8) is 0 Å². The second-order valence-electron chi connectivity index (χ2n) is 16.5. The summed E-state index contributed by atoms with van der Waals surface area (Å²) in [5.74, 6) is -8.75. The summed E-state index contributed by atoms with van der Waals surface area (Å²) in [5, 5.41) is 11.0. The molecular formula is C44H37ClF6N8O4S. The first-order valence-electron chi connectivity index (χ1n) is 20.0. The van der Waals surface area contributed by atoms with Crippen LogP contribution in [0.15, 0.2) is 77.6 Å². The fraction of sp³-hybridized carbons (Fsp3) is 0.295. The van der Waals surface area contributed by atoms with Gasteiger partial charge in [-0.2, -0.15) is 19.0 Å². The molecule has 9 rings (SSSR count). The normalized spacial score (nSPS) is 17.0. The molecule has 0 bridgehead atoms. The summed E-state index contributed by atoms with van der Waals surface area (Å²) in [6, 6.07) is 16.6. The lowest BCUT2D eigenvalue weighted by Crippen LogP contribution is -2.38. The molecule has 20 heteroatoms. The van der Waals surface area contributed by atoms with Gasteiger partial charge in [0.1, 0.15) is 35.4 Å². The van der Waals surface area contributed by atoms with Crippen LogP contribution in [-0.4, -0.2) is 49.7 Å². The predicted molar refractivity (Wildman–Crippen MR) is 227 cm³/mol. The summed E-state index contributed by atoms with van der Waals surface area (Å²) in [4.78, 5) is 34.3. The minimum atomic E-state index is -3.91. The van der Waals surface area contributed by atoms with Gasteiger partial charge in [0.2, 0.25) is 15.9 Å². The van der Waals surface area contributed by atoms with Crippen LogP contribution in [0.25, 0.3) is 38.6 Å². The maximum Gasteiger partial charge on any atom is 0.293 e. The summed E-state index contributed by atoms with van der Waals surface area (Å²) in [6.45, 7) is 3.10. The van der Waals surface area contributed by atoms with Crippen molar-refractivity contribution in [3.8, 4) is 16.8 Å². The van der Waals surface area contributed by atoms with Crippen LogP contribution in [0.3, 0.4) is 0 Å². The first kappa shape index (κ1) is 43.1. The molecule has 0 unspecified atom stereocenters. The Morgan fingerprint density at radius 3 is 2.39 bits per heavy atom. The molecule has 0 saturated heterocycles. The van der Waals surface area contributed by atoms with Crippen molar-refractivity contribution in [2.24, 2.45) is 13.0 Å². The third kappa shape index (κ3) is 7.57. The number of halogens is 7. The van der Waals surface area contributed by atoms with Gasteiger partial charge in [-0.1, -0.05) is 55.8 Å². The third-order valence-electron chi connectivity index (χ3n) is 11.7. The van der Waals surface area contributed by atoms with E-state index in [9.17, 15) is 30.8 Å². The molecule has 1 saturated carbocycles. The molecule has 2 aliphatic carbocycles. The van der Waals surface area contributed by atoms with Crippen LogP contribution in [-0.2, 0) is 40.8 Å². The Morgan fingerprint density at radius 2 is 1.70 bits per heavy atom. The van der Waals surface area contributed by atoms with Crippen LogP contribution in [0.2, 0.25) is 5.02 Å². The fourth-order valence-electron chi connectivity index (χ4n) is 8.84. The number of alkyl halides is 4. The lowest BCUT2D eigenvalue weighted by Gasteiger charge is -2.24. The van der Waals surface area contributed by atoms with Crippen LogP contribution < -0.4 is 15.6 Å². The topological polar surface area (TPSA) is 146 Å². The van der Waals surface area contributed by atoms with Crippen molar-refractivity contribution >= 4 is 55.2 Å². The highest BCUT2D eigenvalue weighted by Gasteiger charge is 2.67. The lowest BCUT2D eigenvalue weighted by atomic mass is 9.97. The van der Waals surface area contributed by atoms with Crippen molar-refractivity contribution in [3.05, 3.63) is 134 Å². The smallest absolute Gasteiger partial charge is 0.293 e. The molecule has 2 N–H and O–H groups in total. The van der Waals surface area contributed by atoms with E-state index in [-0.39, 0.29) is 67.6 Å². The molecule has 3 atom stereocenters. The first-order valence-corrected chi connectivity index (χ1v) is 22.3. The van der Waals surface area contributed by atoms with Crippen molar-refractivity contribution in [2.45, 2.75) is 63.5 Å². The van der Waals surface area contributed by atoms with Crippen molar-refractivity contribution in [2.75, 3.05) is 11.0 Å². The number of aromatic nitrogens is 6. The van der Waals surface area contributed by atoms with E-state index in [2.05, 4.69) is 20.2 Å². The van der Waals surface area contributed by atoms with E-state index in [1.54, 1.807) is 18.2 Å². The van der Waals surface area contributed by atoms with Gasteiger partial charge in [-0.25, -0.2) is 31.0 Å². The minimum Gasteiger partial charge on any atom is -0.344 e. The van der Waals surface area contributed by atoms with E-state index in [0.717, 1.165) is 34.1 Å². The van der Waals surface area contributed by atoms with Gasteiger partial charge in [0.05, 0.1) is 44.8 Å². The third-order valence-corrected chi connectivity index (χ3v) is 12.6. The number of sulfonamides is 1. The van der Waals surface area contributed by atoms with E-state index in [4.69, 9.17) is 16.6 Å². The molecule has 64 heavy (non-hydrogen) atoms. The lowest BCUT2D eigenvalue weighted by molar-refractivity contribution is -0.123. The number of benzene rings is 4. The largest absolute Gasteiger partial charge is 0.344 e. The van der Waals surface area contributed by atoms with Crippen LogP contribution >= 0.6 is 11.6 Å². The molecular weight excluding hydrogens is 886 g/mol. The van der Waals surface area contributed by atoms with Crippen LogP contribution in [0.5, 0.6) is 0 Å². The number of carbonyl (C=O) groups is 1. The molecule has 1 amide bonds. The molecule has 7 aromatic rings. The Bertz CT molecular complexity index is 3240. The van der Waals surface area contributed by atoms with Gasteiger partial charge in [0.15, 0.2) is 5.82 Å². The number of aryl methyl sites for hydroxylation is 1. The monoisotopic (exact) mass is 922 g/mol. The van der Waals surface area contributed by atoms with E-state index in [1.165, 1.54) is 23.9 Å². The van der Waals surface area contributed by atoms with Crippen molar-refractivity contribution < 1.29 is 39.6 Å². The predicted octanol–water partition coefficient (Wildman–Crippen LogP) is 8.81. The summed E-state index contributed by atoms with van der Waals surface area (Å²) < 4.78 is 119. The van der Waals surface area contributed by atoms with E-state index in [1.807, 2.05) is 38.1 Å². The summed E-state index contributed by atoms with van der Waals surface area (Å²) in [6.07, 6.45) is -2.74. The molecule has 0 spiro atoms. The Hall–Kier alpha value is -6.21. The molecule has 12 nitrogen and oxygen atoms in total. The highest BCUT2D eigenvalue weighted by molar-refractivity contribution is 7.92. The SMILES string of the molecule is CC(C)c1cccc(-c2ccc3c(=O)n(-c4ccc(Cl)c5c(NS(C)(=O)=O)nn(C)c45)c([C@H](Cc4cc(F)cc(F)c4)NC(=O)Cn4nc(C(F)F)c5c4C(F)(F)[C@@H]4C[C@H]54)nc3c2)c1. The number of anilines is 1. The minimum absolute atomic E-state index is 0.000355. The molecule has 1 fully saturated rings. The Kier molecular flexibility index (Phi) is 10.4. The molecule has 0 radical (unpaired) electrons. The Morgan fingerprint density at radius 1 is 0.984 bits per heavy atom. The summed E-state index contributed by atoms with van der Waals surface area (Å²) in [7, 11) is -2.44. The number of rotatable bonds is 12. The zero-order chi connectivity index (χ0) is 45.7. The second kappa shape index (κ2) is 15.5. The standard InChI is InChI=1S/C44H37ClF6N8O4S/c1-20(2)22-6-5-7-23(15-22)24-8-9-27-31(16-24)53-42(59(43(27)61)33-11-10-30(45)36-38(33)57(3)55-41(36)56-64(4,62)63)32(14-21-12-25(46)17-26(47)13-21)52-34(60)19-58-39-35(37(54-58)40(48)49)28-18-29(28)44(39,50)51/h5-13,15-17,20,28-29,32,40H,14,18-19H2,1-4H3,(H,52,60)(H,55,56)/t28-,29+,32-/m0/s1. The Balaban J connectivity index is 1.26. The molecule has 3 heterocycles. The number of hydrogen-bond acceptors (Lipinski definition) is 7. The van der Waals surface area contributed by atoms with Gasteiger partial charge in [0, 0.05) is 31.0 Å². The zero-order valence-electron chi connectivity index (χ0n) is 34.3. The quantitative estimate of drug-likeness (QED) is 0.117. The van der Waals surface area contributed by atoms with Gasteiger partial charge in [-0.15, -0.1) is 0 Å². The highest BCUT2D eigenvalue weighted by atomic mass is 35.5.